The lowest BCUT2D eigenvalue weighted by atomic mass is 10.00. The normalized spacial score (nSPS) is 14.8. The highest BCUT2D eigenvalue weighted by atomic mass is 16.5. The third-order valence-corrected chi connectivity index (χ3v) is 2.35. The zero-order valence-electron chi connectivity index (χ0n) is 7.55. The highest BCUT2D eigenvalue weighted by Gasteiger charge is 2.12. The van der Waals surface area contributed by atoms with Gasteiger partial charge >= 0.3 is 0 Å². The van der Waals surface area contributed by atoms with Gasteiger partial charge in [-0.2, -0.15) is 0 Å². The number of nitrogens with two attached hydrogens (primary N) is 1. The molecule has 3 heteroatoms. The molecule has 0 spiro atoms. The van der Waals surface area contributed by atoms with Gasteiger partial charge in [0, 0.05) is 6.54 Å². The number of hydrogen-bond acceptors (Lipinski definition) is 3. The van der Waals surface area contributed by atoms with Gasteiger partial charge in [0.1, 0.15) is 5.75 Å². The van der Waals surface area contributed by atoms with Gasteiger partial charge in [0.25, 0.3) is 0 Å². The van der Waals surface area contributed by atoms with Crippen molar-refractivity contribution in [3.8, 4) is 5.75 Å². The molecule has 3 N–H and O–H groups in total. The molecule has 0 fully saturated rings. The molecule has 0 aliphatic carbocycles. The molecule has 13 heavy (non-hydrogen) atoms. The average molecular weight is 178 g/mol. The molecule has 0 saturated heterocycles. The maximum Gasteiger partial charge on any atom is 0.122 e. The first-order valence-electron chi connectivity index (χ1n) is 4.59. The maximum atomic E-state index is 5.54. The predicted octanol–water partition coefficient (Wildman–Crippen LogP) is 0.975. The van der Waals surface area contributed by atoms with Crippen LogP contribution in [0.4, 0.5) is 0 Å². The van der Waals surface area contributed by atoms with E-state index in [9.17, 15) is 0 Å². The van der Waals surface area contributed by atoms with Crippen molar-refractivity contribution in [1.29, 1.82) is 0 Å². The van der Waals surface area contributed by atoms with Crippen LogP contribution in [-0.4, -0.2) is 6.61 Å². The first kappa shape index (κ1) is 8.53. The van der Waals surface area contributed by atoms with Gasteiger partial charge in [-0.25, -0.2) is 0 Å². The number of benzene rings is 1. The third kappa shape index (κ3) is 1.66. The quantitative estimate of drug-likeness (QED) is 0.524. The summed E-state index contributed by atoms with van der Waals surface area (Å²) >= 11 is 0. The molecule has 0 saturated carbocycles. The molecule has 70 valence electrons. The molecule has 0 aromatic heterocycles. The Labute approximate surface area is 77.9 Å². The van der Waals surface area contributed by atoms with Crippen molar-refractivity contribution in [2.24, 2.45) is 5.84 Å². The van der Waals surface area contributed by atoms with Gasteiger partial charge in [-0.1, -0.05) is 12.1 Å². The number of nitrogens with one attached hydrogen (secondary N) is 1. The first-order chi connectivity index (χ1) is 6.42. The highest BCUT2D eigenvalue weighted by molar-refractivity contribution is 5.41. The SMILES string of the molecule is NNCc1cccc2c1CCCO2. The van der Waals surface area contributed by atoms with E-state index >= 15 is 0 Å². The minimum absolute atomic E-state index is 0.715. The van der Waals surface area contributed by atoms with E-state index in [0.717, 1.165) is 25.2 Å². The maximum absolute atomic E-state index is 5.54. The molecule has 0 atom stereocenters. The Kier molecular flexibility index (Phi) is 2.47. The van der Waals surface area contributed by atoms with E-state index in [4.69, 9.17) is 10.6 Å². The van der Waals surface area contributed by atoms with E-state index < -0.39 is 0 Å². The largest absolute Gasteiger partial charge is 0.493 e. The first-order valence-corrected chi connectivity index (χ1v) is 4.59. The van der Waals surface area contributed by atoms with Crippen LogP contribution in [0.5, 0.6) is 5.75 Å². The van der Waals surface area contributed by atoms with Gasteiger partial charge in [0.05, 0.1) is 6.61 Å². The second-order valence-electron chi connectivity index (χ2n) is 3.23. The summed E-state index contributed by atoms with van der Waals surface area (Å²) in [4.78, 5) is 0. The summed E-state index contributed by atoms with van der Waals surface area (Å²) < 4.78 is 5.54. The van der Waals surface area contributed by atoms with Crippen molar-refractivity contribution in [1.82, 2.24) is 5.43 Å². The topological polar surface area (TPSA) is 47.3 Å². The third-order valence-electron chi connectivity index (χ3n) is 2.35. The van der Waals surface area contributed by atoms with E-state index in [0.29, 0.717) is 6.54 Å². The van der Waals surface area contributed by atoms with Crippen LogP contribution in [0.15, 0.2) is 18.2 Å². The van der Waals surface area contributed by atoms with E-state index in [-0.39, 0.29) is 0 Å². The summed E-state index contributed by atoms with van der Waals surface area (Å²) in [5, 5.41) is 0. The lowest BCUT2D eigenvalue weighted by Crippen LogP contribution is -2.22. The summed E-state index contributed by atoms with van der Waals surface area (Å²) in [5.41, 5.74) is 5.24. The van der Waals surface area contributed by atoms with Gasteiger partial charge in [-0.05, 0) is 30.0 Å². The number of ether oxygens (including phenoxy) is 1. The zero-order chi connectivity index (χ0) is 9.10. The van der Waals surface area contributed by atoms with Gasteiger partial charge in [-0.3, -0.25) is 11.3 Å². The summed E-state index contributed by atoms with van der Waals surface area (Å²) in [6.07, 6.45) is 2.21. The van der Waals surface area contributed by atoms with Crippen LogP contribution in [0.3, 0.4) is 0 Å². The summed E-state index contributed by atoms with van der Waals surface area (Å²) in [6, 6.07) is 6.12. The number of fused-ring (bicyclic) bond motifs is 1. The van der Waals surface area contributed by atoms with Crippen molar-refractivity contribution in [3.63, 3.8) is 0 Å². The van der Waals surface area contributed by atoms with Crippen LogP contribution in [0, 0.1) is 0 Å². The standard InChI is InChI=1S/C10H14N2O/c11-12-7-8-3-1-5-10-9(8)4-2-6-13-10/h1,3,5,12H,2,4,6-7,11H2. The molecule has 1 aromatic rings. The van der Waals surface area contributed by atoms with Crippen molar-refractivity contribution >= 4 is 0 Å². The highest BCUT2D eigenvalue weighted by Crippen LogP contribution is 2.27. The van der Waals surface area contributed by atoms with Gasteiger partial charge in [0.15, 0.2) is 0 Å². The Bertz CT molecular complexity index is 299. The number of hydrazine groups is 1. The second kappa shape index (κ2) is 3.77. The monoisotopic (exact) mass is 178 g/mol. The molecule has 1 heterocycles. The lowest BCUT2D eigenvalue weighted by Gasteiger charge is -2.19. The average Bonchev–Trinajstić information content (AvgIpc) is 2.19. The van der Waals surface area contributed by atoms with Gasteiger partial charge < -0.3 is 4.74 Å². The van der Waals surface area contributed by atoms with Gasteiger partial charge in [0.2, 0.25) is 0 Å². The predicted molar refractivity (Wildman–Crippen MR) is 51.3 cm³/mol. The Morgan fingerprint density at radius 3 is 3.23 bits per heavy atom. The fourth-order valence-corrected chi connectivity index (χ4v) is 1.74. The minimum atomic E-state index is 0.715. The minimum Gasteiger partial charge on any atom is -0.493 e. The van der Waals surface area contributed by atoms with Crippen LogP contribution in [0.25, 0.3) is 0 Å². The van der Waals surface area contributed by atoms with Crippen molar-refractivity contribution in [3.05, 3.63) is 29.3 Å². The van der Waals surface area contributed by atoms with Crippen LogP contribution >= 0.6 is 0 Å². The number of rotatable bonds is 2. The Hall–Kier alpha value is -1.06. The molecule has 0 bridgehead atoms. The van der Waals surface area contributed by atoms with E-state index in [2.05, 4.69) is 11.5 Å². The van der Waals surface area contributed by atoms with Crippen molar-refractivity contribution < 1.29 is 4.74 Å². The molecule has 0 unspecified atom stereocenters. The fourth-order valence-electron chi connectivity index (χ4n) is 1.74. The molecule has 0 radical (unpaired) electrons. The van der Waals surface area contributed by atoms with E-state index in [1.807, 2.05) is 12.1 Å². The summed E-state index contributed by atoms with van der Waals surface area (Å²) in [7, 11) is 0. The van der Waals surface area contributed by atoms with Crippen LogP contribution in [-0.2, 0) is 13.0 Å². The van der Waals surface area contributed by atoms with E-state index in [1.165, 1.54) is 11.1 Å². The Morgan fingerprint density at radius 2 is 2.38 bits per heavy atom. The van der Waals surface area contributed by atoms with Crippen molar-refractivity contribution in [2.75, 3.05) is 6.61 Å². The smallest absolute Gasteiger partial charge is 0.122 e. The summed E-state index contributed by atoms with van der Waals surface area (Å²) in [5.74, 6) is 6.33. The molecule has 2 rings (SSSR count). The Balaban J connectivity index is 2.34. The second-order valence-corrected chi connectivity index (χ2v) is 3.23. The van der Waals surface area contributed by atoms with Crippen LogP contribution in [0.2, 0.25) is 0 Å². The number of hydrogen-bond donors (Lipinski definition) is 2. The molecular weight excluding hydrogens is 164 g/mol. The molecule has 3 nitrogen and oxygen atoms in total. The molecular formula is C10H14N2O. The lowest BCUT2D eigenvalue weighted by molar-refractivity contribution is 0.287. The van der Waals surface area contributed by atoms with E-state index in [1.54, 1.807) is 0 Å². The molecule has 0 amide bonds. The van der Waals surface area contributed by atoms with Crippen molar-refractivity contribution in [2.45, 2.75) is 19.4 Å². The van der Waals surface area contributed by atoms with Crippen LogP contribution < -0.4 is 16.0 Å². The summed E-state index contributed by atoms with van der Waals surface area (Å²) in [6.45, 7) is 1.55. The molecule has 1 aliphatic rings. The zero-order valence-corrected chi connectivity index (χ0v) is 7.55. The Morgan fingerprint density at radius 1 is 1.46 bits per heavy atom. The molecule has 1 aliphatic heterocycles. The molecule has 1 aromatic carbocycles. The fraction of sp³-hybridized carbons (Fsp3) is 0.400. The van der Waals surface area contributed by atoms with Crippen LogP contribution in [0.1, 0.15) is 17.5 Å². The van der Waals surface area contributed by atoms with Gasteiger partial charge in [-0.15, -0.1) is 0 Å².